The van der Waals surface area contributed by atoms with E-state index in [0.717, 1.165) is 48.6 Å². The molecule has 1 aliphatic rings. The Bertz CT molecular complexity index is 1020. The van der Waals surface area contributed by atoms with Crippen molar-refractivity contribution in [2.24, 2.45) is 0 Å². The fourth-order valence-electron chi connectivity index (χ4n) is 3.95. The molecule has 3 aromatic rings. The van der Waals surface area contributed by atoms with Gasteiger partial charge in [-0.3, -0.25) is 15.1 Å². The molecular formula is C23H22F3N3O. The Morgan fingerprint density at radius 2 is 1.77 bits per heavy atom. The normalized spacial score (nSPS) is 16.0. The van der Waals surface area contributed by atoms with Crippen LogP contribution in [0.4, 0.5) is 18.9 Å². The second-order valence-electron chi connectivity index (χ2n) is 7.59. The minimum absolute atomic E-state index is 0.166. The average Bonchev–Trinajstić information content (AvgIpc) is 3.25. The summed E-state index contributed by atoms with van der Waals surface area (Å²) in [6.07, 6.45) is 3.02. The number of hydrogen-bond acceptors (Lipinski definition) is 3. The lowest BCUT2D eigenvalue weighted by Gasteiger charge is -2.23. The topological polar surface area (TPSA) is 54.0 Å². The molecule has 30 heavy (non-hydrogen) atoms. The Balaban J connectivity index is 1.62. The van der Waals surface area contributed by atoms with Crippen molar-refractivity contribution in [1.29, 1.82) is 0 Å². The van der Waals surface area contributed by atoms with Gasteiger partial charge in [-0.15, -0.1) is 0 Å². The average molecular weight is 413 g/mol. The number of alkyl halides is 3. The van der Waals surface area contributed by atoms with Crippen LogP contribution < -0.4 is 10.6 Å². The molecule has 4 nitrogen and oxygen atoms in total. The maximum atomic E-state index is 13.2. The lowest BCUT2D eigenvalue weighted by molar-refractivity contribution is -0.137. The third-order valence-electron chi connectivity index (χ3n) is 5.53. The second-order valence-corrected chi connectivity index (χ2v) is 7.59. The van der Waals surface area contributed by atoms with Crippen molar-refractivity contribution < 1.29 is 18.0 Å². The monoisotopic (exact) mass is 413 g/mol. The summed E-state index contributed by atoms with van der Waals surface area (Å²) in [4.78, 5) is 17.3. The maximum Gasteiger partial charge on any atom is 0.416 e. The molecule has 0 aliphatic heterocycles. The van der Waals surface area contributed by atoms with Crippen LogP contribution in [0.15, 0.2) is 60.9 Å². The van der Waals surface area contributed by atoms with Gasteiger partial charge in [-0.05, 0) is 42.7 Å². The Labute approximate surface area is 172 Å². The zero-order chi connectivity index (χ0) is 21.1. The highest BCUT2D eigenvalue weighted by atomic mass is 19.4. The molecule has 156 valence electrons. The molecule has 7 heteroatoms. The van der Waals surface area contributed by atoms with Gasteiger partial charge in [0.25, 0.3) is 0 Å². The minimum atomic E-state index is -4.41. The van der Waals surface area contributed by atoms with Crippen LogP contribution in [-0.4, -0.2) is 16.9 Å². The summed E-state index contributed by atoms with van der Waals surface area (Å²) in [6, 6.07) is 11.6. The van der Waals surface area contributed by atoms with E-state index in [1.54, 1.807) is 18.5 Å². The first-order valence-electron chi connectivity index (χ1n) is 9.98. The molecule has 2 aromatic carbocycles. The molecule has 0 bridgehead atoms. The van der Waals surface area contributed by atoms with Crippen molar-refractivity contribution in [3.05, 3.63) is 72.1 Å². The number of fused-ring (bicyclic) bond motifs is 1. The molecule has 1 aromatic heterocycles. The van der Waals surface area contributed by atoms with E-state index in [2.05, 4.69) is 15.6 Å². The third-order valence-corrected chi connectivity index (χ3v) is 5.53. The highest BCUT2D eigenvalue weighted by Gasteiger charge is 2.31. The number of carbonyl (C=O) groups excluding carboxylic acids is 1. The molecule has 1 fully saturated rings. The standard InChI is InChI=1S/C23H22F3N3O/c24-23(25,26)17-10-8-15(9-11-17)21(28-18-5-1-2-6-18)22(30)29-20-7-3-4-16-14-27-13-12-19(16)20/h3-4,7-14,18,21,28H,1-2,5-6H2,(H,29,30). The molecule has 2 N–H and O–H groups in total. The van der Waals surface area contributed by atoms with Gasteiger partial charge < -0.3 is 5.32 Å². The van der Waals surface area contributed by atoms with Crippen LogP contribution in [0.25, 0.3) is 10.8 Å². The molecule has 0 spiro atoms. The number of amides is 1. The van der Waals surface area contributed by atoms with Gasteiger partial charge in [-0.2, -0.15) is 13.2 Å². The number of nitrogens with one attached hydrogen (secondary N) is 2. The largest absolute Gasteiger partial charge is 0.416 e. The highest BCUT2D eigenvalue weighted by molar-refractivity contribution is 6.03. The Morgan fingerprint density at radius 3 is 2.47 bits per heavy atom. The van der Waals surface area contributed by atoms with Crippen LogP contribution in [0.3, 0.4) is 0 Å². The number of hydrogen-bond donors (Lipinski definition) is 2. The fourth-order valence-corrected chi connectivity index (χ4v) is 3.95. The summed E-state index contributed by atoms with van der Waals surface area (Å²) >= 11 is 0. The van der Waals surface area contributed by atoms with Crippen LogP contribution in [-0.2, 0) is 11.0 Å². The molecular weight excluding hydrogens is 391 g/mol. The second kappa shape index (κ2) is 8.44. The zero-order valence-corrected chi connectivity index (χ0v) is 16.2. The van der Waals surface area contributed by atoms with Gasteiger partial charge >= 0.3 is 6.18 Å². The van der Waals surface area contributed by atoms with E-state index >= 15 is 0 Å². The Kier molecular flexibility index (Phi) is 5.72. The van der Waals surface area contributed by atoms with Crippen molar-refractivity contribution in [3.63, 3.8) is 0 Å². The first-order valence-corrected chi connectivity index (χ1v) is 9.98. The lowest BCUT2D eigenvalue weighted by Crippen LogP contribution is -2.38. The van der Waals surface area contributed by atoms with Crippen LogP contribution in [0.1, 0.15) is 42.9 Å². The Morgan fingerprint density at radius 1 is 1.03 bits per heavy atom. The van der Waals surface area contributed by atoms with Crippen LogP contribution in [0, 0.1) is 0 Å². The van der Waals surface area contributed by atoms with E-state index in [1.807, 2.05) is 18.2 Å². The molecule has 1 aliphatic carbocycles. The first-order chi connectivity index (χ1) is 14.4. The summed E-state index contributed by atoms with van der Waals surface area (Å²) in [7, 11) is 0. The predicted octanol–water partition coefficient (Wildman–Crippen LogP) is 5.47. The summed E-state index contributed by atoms with van der Waals surface area (Å²) in [5, 5.41) is 8.05. The van der Waals surface area contributed by atoms with Gasteiger partial charge in [0, 0.05) is 34.9 Å². The quantitative estimate of drug-likeness (QED) is 0.584. The third kappa shape index (κ3) is 4.46. The van der Waals surface area contributed by atoms with Crippen molar-refractivity contribution >= 4 is 22.4 Å². The molecule has 1 heterocycles. The van der Waals surface area contributed by atoms with Crippen LogP contribution in [0.2, 0.25) is 0 Å². The van der Waals surface area contributed by atoms with Crippen molar-refractivity contribution in [2.45, 2.75) is 43.9 Å². The minimum Gasteiger partial charge on any atom is -0.324 e. The Hall–Kier alpha value is -2.93. The summed E-state index contributed by atoms with van der Waals surface area (Å²) in [5.74, 6) is -0.300. The molecule has 1 amide bonds. The van der Waals surface area contributed by atoms with E-state index in [0.29, 0.717) is 11.3 Å². The number of nitrogens with zero attached hydrogens (tertiary/aromatic N) is 1. The smallest absolute Gasteiger partial charge is 0.324 e. The summed E-state index contributed by atoms with van der Waals surface area (Å²) in [6.45, 7) is 0. The van der Waals surface area contributed by atoms with Crippen molar-refractivity contribution in [3.8, 4) is 0 Å². The van der Waals surface area contributed by atoms with Gasteiger partial charge in [0.2, 0.25) is 5.91 Å². The highest BCUT2D eigenvalue weighted by Crippen LogP contribution is 2.31. The molecule has 4 rings (SSSR count). The van der Waals surface area contributed by atoms with Crippen molar-refractivity contribution in [2.75, 3.05) is 5.32 Å². The molecule has 1 saturated carbocycles. The SMILES string of the molecule is O=C(Nc1cccc2cnccc12)C(NC1CCCC1)c1ccc(C(F)(F)F)cc1. The maximum absolute atomic E-state index is 13.2. The van der Waals surface area contributed by atoms with Gasteiger partial charge in [-0.1, -0.05) is 37.1 Å². The molecule has 0 radical (unpaired) electrons. The number of aromatic nitrogens is 1. The zero-order valence-electron chi connectivity index (χ0n) is 16.2. The van der Waals surface area contributed by atoms with E-state index in [-0.39, 0.29) is 11.9 Å². The number of pyridine rings is 1. The fraction of sp³-hybridized carbons (Fsp3) is 0.304. The number of carbonyl (C=O) groups is 1. The molecule has 1 atom stereocenters. The number of benzene rings is 2. The van der Waals surface area contributed by atoms with Gasteiger partial charge in [-0.25, -0.2) is 0 Å². The molecule has 0 saturated heterocycles. The van der Waals surface area contributed by atoms with E-state index in [4.69, 9.17) is 0 Å². The van der Waals surface area contributed by atoms with E-state index in [1.165, 1.54) is 12.1 Å². The predicted molar refractivity (Wildman–Crippen MR) is 110 cm³/mol. The first kappa shape index (κ1) is 20.3. The van der Waals surface area contributed by atoms with Crippen molar-refractivity contribution in [1.82, 2.24) is 10.3 Å². The van der Waals surface area contributed by atoms with Crippen LogP contribution >= 0.6 is 0 Å². The van der Waals surface area contributed by atoms with E-state index < -0.39 is 17.8 Å². The number of halogens is 3. The van der Waals surface area contributed by atoms with Crippen LogP contribution in [0.5, 0.6) is 0 Å². The number of rotatable bonds is 5. The van der Waals surface area contributed by atoms with Gasteiger partial charge in [0.05, 0.1) is 5.56 Å². The lowest BCUT2D eigenvalue weighted by atomic mass is 10.0. The number of anilines is 1. The summed E-state index contributed by atoms with van der Waals surface area (Å²) < 4.78 is 38.8. The summed E-state index contributed by atoms with van der Waals surface area (Å²) in [5.41, 5.74) is 0.423. The van der Waals surface area contributed by atoms with E-state index in [9.17, 15) is 18.0 Å². The van der Waals surface area contributed by atoms with Gasteiger partial charge in [0.1, 0.15) is 6.04 Å². The van der Waals surface area contributed by atoms with Gasteiger partial charge in [0.15, 0.2) is 0 Å². The molecule has 1 unspecified atom stereocenters.